The van der Waals surface area contributed by atoms with Crippen molar-refractivity contribution >= 4 is 17.9 Å². The molecule has 0 rings (SSSR count). The SMILES string of the molecule is CC/C=C\C/C=C\C/C=C\C/C=C\C/C=C\C/C=C\C/C=C\CCCCCCCCCC(=O)OCC(COC(=O)CCCCCCC/C=C\CCCCC)OC(=O)CCCCCCCCCCCCCCC. The number of rotatable bonds is 54. The van der Waals surface area contributed by atoms with Crippen molar-refractivity contribution in [2.24, 2.45) is 0 Å². The molecule has 0 heterocycles. The highest BCUT2D eigenvalue weighted by atomic mass is 16.6. The summed E-state index contributed by atoms with van der Waals surface area (Å²) in [5.74, 6) is -0.897. The molecule has 0 radical (unpaired) electrons. The van der Waals surface area contributed by atoms with Gasteiger partial charge in [0.2, 0.25) is 0 Å². The van der Waals surface area contributed by atoms with Crippen molar-refractivity contribution in [3.8, 4) is 0 Å². The van der Waals surface area contributed by atoms with Crippen molar-refractivity contribution in [2.45, 2.75) is 290 Å². The molecule has 0 aliphatic rings. The van der Waals surface area contributed by atoms with Gasteiger partial charge >= 0.3 is 17.9 Å². The van der Waals surface area contributed by atoms with Crippen LogP contribution < -0.4 is 0 Å². The van der Waals surface area contributed by atoms with Crippen LogP contribution in [0.15, 0.2) is 97.2 Å². The van der Waals surface area contributed by atoms with Crippen LogP contribution >= 0.6 is 0 Å². The molecule has 412 valence electrons. The van der Waals surface area contributed by atoms with E-state index in [-0.39, 0.29) is 31.1 Å². The van der Waals surface area contributed by atoms with Crippen LogP contribution in [0.3, 0.4) is 0 Å². The Balaban J connectivity index is 4.27. The average Bonchev–Trinajstić information content (AvgIpc) is 3.38. The van der Waals surface area contributed by atoms with Crippen molar-refractivity contribution in [1.82, 2.24) is 0 Å². The summed E-state index contributed by atoms with van der Waals surface area (Å²) in [6, 6.07) is 0. The highest BCUT2D eigenvalue weighted by Gasteiger charge is 2.19. The fraction of sp³-hybridized carbons (Fsp3) is 0.712. The van der Waals surface area contributed by atoms with E-state index in [2.05, 4.69) is 118 Å². The molecule has 0 fully saturated rings. The Morgan fingerprint density at radius 2 is 0.542 bits per heavy atom. The molecular formula is C66H112O6. The summed E-state index contributed by atoms with van der Waals surface area (Å²) in [6.07, 6.45) is 79.8. The third-order valence-electron chi connectivity index (χ3n) is 12.8. The minimum absolute atomic E-state index is 0.0830. The van der Waals surface area contributed by atoms with E-state index in [9.17, 15) is 14.4 Å². The first kappa shape index (κ1) is 68.3. The Morgan fingerprint density at radius 3 is 0.889 bits per heavy atom. The Hall–Kier alpha value is -3.67. The summed E-state index contributed by atoms with van der Waals surface area (Å²) in [4.78, 5) is 38.1. The summed E-state index contributed by atoms with van der Waals surface area (Å²) >= 11 is 0. The zero-order valence-electron chi connectivity index (χ0n) is 47.2. The topological polar surface area (TPSA) is 78.9 Å². The predicted octanol–water partition coefficient (Wildman–Crippen LogP) is 20.5. The maximum atomic E-state index is 12.8. The number of hydrogen-bond acceptors (Lipinski definition) is 6. The first-order valence-corrected chi connectivity index (χ1v) is 30.2. The molecule has 1 unspecified atom stereocenters. The van der Waals surface area contributed by atoms with Gasteiger partial charge in [-0.15, -0.1) is 0 Å². The van der Waals surface area contributed by atoms with Gasteiger partial charge in [0.15, 0.2) is 6.10 Å². The summed E-state index contributed by atoms with van der Waals surface area (Å²) in [5.41, 5.74) is 0. The van der Waals surface area contributed by atoms with Gasteiger partial charge in [0.05, 0.1) is 0 Å². The monoisotopic (exact) mass is 1000 g/mol. The van der Waals surface area contributed by atoms with Crippen LogP contribution in [0.2, 0.25) is 0 Å². The van der Waals surface area contributed by atoms with Gasteiger partial charge in [-0.1, -0.05) is 259 Å². The van der Waals surface area contributed by atoms with Crippen LogP contribution in [0.25, 0.3) is 0 Å². The fourth-order valence-corrected chi connectivity index (χ4v) is 8.30. The van der Waals surface area contributed by atoms with E-state index in [0.29, 0.717) is 19.3 Å². The number of unbranched alkanes of at least 4 members (excludes halogenated alkanes) is 27. The van der Waals surface area contributed by atoms with Crippen LogP contribution in [0.1, 0.15) is 284 Å². The Bertz CT molecular complexity index is 1430. The molecule has 0 aliphatic heterocycles. The van der Waals surface area contributed by atoms with Crippen molar-refractivity contribution < 1.29 is 28.6 Å². The molecule has 72 heavy (non-hydrogen) atoms. The first-order chi connectivity index (χ1) is 35.5. The van der Waals surface area contributed by atoms with Gasteiger partial charge in [0.25, 0.3) is 0 Å². The fourth-order valence-electron chi connectivity index (χ4n) is 8.30. The van der Waals surface area contributed by atoms with Crippen molar-refractivity contribution in [2.75, 3.05) is 13.2 Å². The molecule has 0 saturated heterocycles. The summed E-state index contributed by atoms with van der Waals surface area (Å²) < 4.78 is 16.8. The predicted molar refractivity (Wildman–Crippen MR) is 311 cm³/mol. The first-order valence-electron chi connectivity index (χ1n) is 30.2. The Labute approximate surface area is 445 Å². The van der Waals surface area contributed by atoms with Crippen molar-refractivity contribution in [1.29, 1.82) is 0 Å². The molecule has 6 nitrogen and oxygen atoms in total. The zero-order chi connectivity index (χ0) is 52.2. The standard InChI is InChI=1S/C66H112O6/c1-4-7-10-13-16-19-22-25-26-27-28-29-30-31-32-33-34-35-36-37-38-39-40-42-44-47-50-53-56-59-65(68)71-62-63(61-70-64(67)58-55-52-49-46-43-24-21-18-15-12-9-6-3)72-66(69)60-57-54-51-48-45-41-23-20-17-14-11-8-5-2/h7,10,16,18-19,21,25-26,28-29,31-32,34-35,37-38,63H,4-6,8-9,11-15,17,20,22-24,27,30,33,36,39-62H2,1-3H3/b10-7-,19-16-,21-18-,26-25-,29-28-,32-31-,35-34-,38-37-. The molecule has 0 bridgehead atoms. The number of esters is 3. The van der Waals surface area contributed by atoms with Gasteiger partial charge in [-0.25, -0.2) is 0 Å². The Kier molecular flexibility index (Phi) is 56.8. The lowest BCUT2D eigenvalue weighted by Gasteiger charge is -2.18. The molecular weight excluding hydrogens is 889 g/mol. The lowest BCUT2D eigenvalue weighted by Crippen LogP contribution is -2.30. The molecule has 0 amide bonds. The highest BCUT2D eigenvalue weighted by molar-refractivity contribution is 5.71. The van der Waals surface area contributed by atoms with E-state index in [0.717, 1.165) is 116 Å². The van der Waals surface area contributed by atoms with Crippen LogP contribution in [0.4, 0.5) is 0 Å². The van der Waals surface area contributed by atoms with E-state index in [1.807, 2.05) is 0 Å². The molecule has 0 aliphatic carbocycles. The van der Waals surface area contributed by atoms with Crippen LogP contribution in [-0.2, 0) is 28.6 Å². The molecule has 0 aromatic carbocycles. The average molecular weight is 1000 g/mol. The van der Waals surface area contributed by atoms with E-state index < -0.39 is 6.10 Å². The summed E-state index contributed by atoms with van der Waals surface area (Å²) in [5, 5.41) is 0. The lowest BCUT2D eigenvalue weighted by molar-refractivity contribution is -0.167. The number of allylic oxidation sites excluding steroid dienone is 16. The molecule has 0 N–H and O–H groups in total. The molecule has 1 atom stereocenters. The molecule has 0 saturated carbocycles. The quantitative estimate of drug-likeness (QED) is 0.0261. The second-order valence-electron chi connectivity index (χ2n) is 19.9. The minimum atomic E-state index is -0.783. The van der Waals surface area contributed by atoms with Gasteiger partial charge in [0.1, 0.15) is 13.2 Å². The van der Waals surface area contributed by atoms with E-state index in [1.54, 1.807) is 0 Å². The van der Waals surface area contributed by atoms with Gasteiger partial charge in [-0.05, 0) is 103 Å². The number of carbonyl (C=O) groups excluding carboxylic acids is 3. The maximum Gasteiger partial charge on any atom is 0.306 e. The van der Waals surface area contributed by atoms with Crippen molar-refractivity contribution in [3.63, 3.8) is 0 Å². The van der Waals surface area contributed by atoms with Gasteiger partial charge in [0, 0.05) is 19.3 Å². The number of ether oxygens (including phenoxy) is 3. The zero-order valence-corrected chi connectivity index (χ0v) is 47.2. The Morgan fingerprint density at radius 1 is 0.292 bits per heavy atom. The molecule has 0 aromatic rings. The van der Waals surface area contributed by atoms with Crippen LogP contribution in [-0.4, -0.2) is 37.2 Å². The molecule has 6 heteroatoms. The van der Waals surface area contributed by atoms with E-state index in [4.69, 9.17) is 14.2 Å². The van der Waals surface area contributed by atoms with Gasteiger partial charge in [-0.2, -0.15) is 0 Å². The normalized spacial score (nSPS) is 12.8. The molecule has 0 aromatic heterocycles. The second-order valence-corrected chi connectivity index (χ2v) is 19.9. The van der Waals surface area contributed by atoms with E-state index >= 15 is 0 Å². The smallest absolute Gasteiger partial charge is 0.306 e. The van der Waals surface area contributed by atoms with Crippen LogP contribution in [0.5, 0.6) is 0 Å². The molecule has 0 spiro atoms. The van der Waals surface area contributed by atoms with E-state index in [1.165, 1.54) is 128 Å². The third-order valence-corrected chi connectivity index (χ3v) is 12.8. The minimum Gasteiger partial charge on any atom is -0.462 e. The maximum absolute atomic E-state index is 12.8. The third kappa shape index (κ3) is 57.2. The largest absolute Gasteiger partial charge is 0.462 e. The highest BCUT2D eigenvalue weighted by Crippen LogP contribution is 2.15. The second kappa shape index (κ2) is 59.9. The van der Waals surface area contributed by atoms with Crippen LogP contribution in [0, 0.1) is 0 Å². The summed E-state index contributed by atoms with van der Waals surface area (Å²) in [6.45, 7) is 6.50. The van der Waals surface area contributed by atoms with Crippen molar-refractivity contribution in [3.05, 3.63) is 97.2 Å². The number of carbonyl (C=O) groups is 3. The summed E-state index contributed by atoms with van der Waals surface area (Å²) in [7, 11) is 0. The van der Waals surface area contributed by atoms with Gasteiger partial charge in [-0.3, -0.25) is 14.4 Å². The number of hydrogen-bond donors (Lipinski definition) is 0. The lowest BCUT2D eigenvalue weighted by atomic mass is 10.0. The van der Waals surface area contributed by atoms with Gasteiger partial charge < -0.3 is 14.2 Å².